The fraction of sp³-hybridized carbons (Fsp3) is 0.381. The van der Waals surface area contributed by atoms with E-state index in [1.165, 1.54) is 24.8 Å². The molecule has 0 spiro atoms. The molecular weight excluding hydrogens is 437 g/mol. The molecule has 0 aliphatic carbocycles. The Kier molecular flexibility index (Phi) is 8.91. The zero-order chi connectivity index (χ0) is 17.3. The summed E-state index contributed by atoms with van der Waals surface area (Å²) in [5.74, 6) is 0.984. The second kappa shape index (κ2) is 11.2. The van der Waals surface area contributed by atoms with Crippen LogP contribution < -0.4 is 5.32 Å². The third-order valence-electron chi connectivity index (χ3n) is 4.55. The molecule has 0 atom stereocenters. The molecule has 5 heteroatoms. The number of guanidine groups is 1. The molecule has 1 aliphatic heterocycles. The molecule has 0 aromatic heterocycles. The number of aliphatic imine (C=N–C) groups is 1. The van der Waals surface area contributed by atoms with E-state index in [0.29, 0.717) is 0 Å². The van der Waals surface area contributed by atoms with Crippen LogP contribution in [0.3, 0.4) is 0 Å². The fourth-order valence-electron chi connectivity index (χ4n) is 3.08. The van der Waals surface area contributed by atoms with Crippen LogP contribution in [0.4, 0.5) is 5.69 Å². The number of hydrogen-bond donors (Lipinski definition) is 2. The van der Waals surface area contributed by atoms with E-state index in [1.54, 1.807) is 0 Å². The minimum Gasteiger partial charge on any atom is -0.392 e. The van der Waals surface area contributed by atoms with Crippen LogP contribution in [0.5, 0.6) is 0 Å². The van der Waals surface area contributed by atoms with Gasteiger partial charge < -0.3 is 15.3 Å². The highest BCUT2D eigenvalue weighted by Gasteiger charge is 2.14. The molecule has 0 saturated carbocycles. The van der Waals surface area contributed by atoms with Crippen molar-refractivity contribution in [2.45, 2.75) is 32.3 Å². The Balaban J connectivity index is 0.00000243. The molecule has 26 heavy (non-hydrogen) atoms. The number of rotatable bonds is 5. The highest BCUT2D eigenvalue weighted by atomic mass is 127. The predicted molar refractivity (Wildman–Crippen MR) is 119 cm³/mol. The van der Waals surface area contributed by atoms with Gasteiger partial charge in [0.2, 0.25) is 0 Å². The van der Waals surface area contributed by atoms with Crippen molar-refractivity contribution in [3.8, 4) is 0 Å². The minimum atomic E-state index is 0. The lowest BCUT2D eigenvalue weighted by atomic mass is 10.1. The summed E-state index contributed by atoms with van der Waals surface area (Å²) in [5.41, 5.74) is 3.28. The van der Waals surface area contributed by atoms with Crippen molar-refractivity contribution in [3.63, 3.8) is 0 Å². The van der Waals surface area contributed by atoms with Gasteiger partial charge in [-0.2, -0.15) is 0 Å². The molecular formula is C21H28IN3O. The Bertz CT molecular complexity index is 667. The van der Waals surface area contributed by atoms with Gasteiger partial charge in [-0.15, -0.1) is 24.0 Å². The van der Waals surface area contributed by atoms with Gasteiger partial charge in [0.05, 0.1) is 6.61 Å². The predicted octanol–water partition coefficient (Wildman–Crippen LogP) is 4.29. The fourth-order valence-corrected chi connectivity index (χ4v) is 3.08. The number of likely N-dealkylation sites (tertiary alicyclic amines) is 1. The SMILES string of the molecule is I.OCc1ccc(CCN=C(Nc2ccccc2)N2CCCCC2)cc1. The van der Waals surface area contributed by atoms with Gasteiger partial charge in [0, 0.05) is 25.3 Å². The van der Waals surface area contributed by atoms with Gasteiger partial charge in [0.25, 0.3) is 0 Å². The Morgan fingerprint density at radius 3 is 2.23 bits per heavy atom. The first kappa shape index (κ1) is 20.7. The lowest BCUT2D eigenvalue weighted by molar-refractivity contribution is 0.282. The van der Waals surface area contributed by atoms with Gasteiger partial charge in [-0.05, 0) is 48.9 Å². The molecule has 0 unspecified atom stereocenters. The molecule has 3 rings (SSSR count). The second-order valence-electron chi connectivity index (χ2n) is 6.47. The topological polar surface area (TPSA) is 47.9 Å². The van der Waals surface area contributed by atoms with E-state index in [-0.39, 0.29) is 30.6 Å². The largest absolute Gasteiger partial charge is 0.392 e. The van der Waals surface area contributed by atoms with Crippen LogP contribution in [0.1, 0.15) is 30.4 Å². The van der Waals surface area contributed by atoms with E-state index < -0.39 is 0 Å². The molecule has 1 heterocycles. The Morgan fingerprint density at radius 1 is 0.923 bits per heavy atom. The van der Waals surface area contributed by atoms with Crippen molar-refractivity contribution in [2.75, 3.05) is 25.0 Å². The lowest BCUT2D eigenvalue weighted by Crippen LogP contribution is -2.40. The molecule has 2 aromatic carbocycles. The number of aliphatic hydroxyl groups excluding tert-OH is 1. The van der Waals surface area contributed by atoms with Crippen LogP contribution in [0.15, 0.2) is 59.6 Å². The van der Waals surface area contributed by atoms with Crippen molar-refractivity contribution in [1.82, 2.24) is 4.90 Å². The summed E-state index contributed by atoms with van der Waals surface area (Å²) < 4.78 is 0. The summed E-state index contributed by atoms with van der Waals surface area (Å²) >= 11 is 0. The quantitative estimate of drug-likeness (QED) is 0.394. The summed E-state index contributed by atoms with van der Waals surface area (Å²) in [6, 6.07) is 18.4. The van der Waals surface area contributed by atoms with E-state index in [1.807, 2.05) is 30.3 Å². The standard InChI is InChI=1S/C21H27N3O.HI/c25-17-19-11-9-18(10-12-19)13-14-22-21(24-15-5-2-6-16-24)23-20-7-3-1-4-8-20;/h1,3-4,7-12,25H,2,5-6,13-17H2,(H,22,23);1H. The zero-order valence-electron chi connectivity index (χ0n) is 15.1. The number of para-hydroxylation sites is 1. The van der Waals surface area contributed by atoms with Crippen molar-refractivity contribution in [3.05, 3.63) is 65.7 Å². The third kappa shape index (κ3) is 6.29. The number of halogens is 1. The molecule has 2 aromatic rings. The van der Waals surface area contributed by atoms with Crippen LogP contribution in [0.25, 0.3) is 0 Å². The number of nitrogens with one attached hydrogen (secondary N) is 1. The first-order chi connectivity index (χ1) is 12.3. The van der Waals surface area contributed by atoms with Crippen LogP contribution in [0.2, 0.25) is 0 Å². The molecule has 2 N–H and O–H groups in total. The molecule has 0 bridgehead atoms. The van der Waals surface area contributed by atoms with Gasteiger partial charge in [-0.1, -0.05) is 42.5 Å². The van der Waals surface area contributed by atoms with Gasteiger partial charge >= 0.3 is 0 Å². The average molecular weight is 465 g/mol. The van der Waals surface area contributed by atoms with Gasteiger partial charge in [-0.25, -0.2) is 0 Å². The normalized spacial score (nSPS) is 14.7. The Hall–Kier alpha value is -1.60. The van der Waals surface area contributed by atoms with Gasteiger partial charge in [0.15, 0.2) is 5.96 Å². The Morgan fingerprint density at radius 2 is 1.58 bits per heavy atom. The maximum atomic E-state index is 9.13. The average Bonchev–Trinajstić information content (AvgIpc) is 2.69. The van der Waals surface area contributed by atoms with Gasteiger partial charge in [-0.3, -0.25) is 4.99 Å². The first-order valence-electron chi connectivity index (χ1n) is 9.15. The van der Waals surface area contributed by atoms with Crippen LogP contribution >= 0.6 is 24.0 Å². The van der Waals surface area contributed by atoms with E-state index >= 15 is 0 Å². The van der Waals surface area contributed by atoms with Crippen molar-refractivity contribution >= 4 is 35.6 Å². The number of hydrogen-bond acceptors (Lipinski definition) is 2. The summed E-state index contributed by atoms with van der Waals surface area (Å²) in [5, 5.41) is 12.6. The lowest BCUT2D eigenvalue weighted by Gasteiger charge is -2.30. The molecule has 1 fully saturated rings. The smallest absolute Gasteiger partial charge is 0.198 e. The summed E-state index contributed by atoms with van der Waals surface area (Å²) in [7, 11) is 0. The van der Waals surface area contributed by atoms with E-state index in [9.17, 15) is 0 Å². The van der Waals surface area contributed by atoms with Crippen LogP contribution in [-0.4, -0.2) is 35.6 Å². The molecule has 1 saturated heterocycles. The number of nitrogens with zero attached hydrogens (tertiary/aromatic N) is 2. The summed E-state index contributed by atoms with van der Waals surface area (Å²) in [6.45, 7) is 3.00. The molecule has 0 radical (unpaired) electrons. The highest BCUT2D eigenvalue weighted by Crippen LogP contribution is 2.13. The van der Waals surface area contributed by atoms with E-state index in [2.05, 4.69) is 34.5 Å². The monoisotopic (exact) mass is 465 g/mol. The van der Waals surface area contributed by atoms with Crippen molar-refractivity contribution in [1.29, 1.82) is 0 Å². The van der Waals surface area contributed by atoms with Crippen LogP contribution in [-0.2, 0) is 13.0 Å². The third-order valence-corrected chi connectivity index (χ3v) is 4.55. The number of anilines is 1. The number of benzene rings is 2. The summed E-state index contributed by atoms with van der Waals surface area (Å²) in [4.78, 5) is 7.23. The summed E-state index contributed by atoms with van der Waals surface area (Å²) in [6.07, 6.45) is 4.68. The molecule has 0 amide bonds. The number of aliphatic hydroxyl groups is 1. The zero-order valence-corrected chi connectivity index (χ0v) is 17.4. The molecule has 1 aliphatic rings. The van der Waals surface area contributed by atoms with Crippen molar-refractivity contribution in [2.24, 2.45) is 4.99 Å². The maximum absolute atomic E-state index is 9.13. The van der Waals surface area contributed by atoms with Gasteiger partial charge in [0.1, 0.15) is 0 Å². The maximum Gasteiger partial charge on any atom is 0.198 e. The Labute approximate surface area is 173 Å². The van der Waals surface area contributed by atoms with E-state index in [0.717, 1.165) is 43.3 Å². The van der Waals surface area contributed by atoms with Crippen molar-refractivity contribution < 1.29 is 5.11 Å². The van der Waals surface area contributed by atoms with Crippen LogP contribution in [0, 0.1) is 0 Å². The first-order valence-corrected chi connectivity index (χ1v) is 9.15. The molecule has 4 nitrogen and oxygen atoms in total. The number of piperidine rings is 1. The minimum absolute atomic E-state index is 0. The highest BCUT2D eigenvalue weighted by molar-refractivity contribution is 14.0. The van der Waals surface area contributed by atoms with E-state index in [4.69, 9.17) is 10.1 Å². The second-order valence-corrected chi connectivity index (χ2v) is 6.47. The molecule has 140 valence electrons.